The van der Waals surface area contributed by atoms with Crippen LogP contribution >= 0.6 is 0 Å². The normalized spacial score (nSPS) is 13.0. The monoisotopic (exact) mass is 428 g/mol. The molecule has 0 saturated carbocycles. The summed E-state index contributed by atoms with van der Waals surface area (Å²) in [6.45, 7) is 3.14. The molecule has 2 aromatic rings. The molecule has 0 aromatic heterocycles. The number of aryl methyl sites for hydroxylation is 1. The molecule has 1 atom stereocenters. The first-order chi connectivity index (χ1) is 13.4. The van der Waals surface area contributed by atoms with Gasteiger partial charge in [0.25, 0.3) is 0 Å². The maximum Gasteiger partial charge on any atom is 0.416 e. The van der Waals surface area contributed by atoms with E-state index in [9.17, 15) is 26.4 Å². The summed E-state index contributed by atoms with van der Waals surface area (Å²) >= 11 is 0. The highest BCUT2D eigenvalue weighted by molar-refractivity contribution is 7.92. The fourth-order valence-corrected chi connectivity index (χ4v) is 3.63. The number of hydrogen-bond donors (Lipinski definition) is 1. The van der Waals surface area contributed by atoms with E-state index in [1.165, 1.54) is 6.07 Å². The summed E-state index contributed by atoms with van der Waals surface area (Å²) in [4.78, 5) is 12.4. The average molecular weight is 428 g/mol. The Bertz CT molecular complexity index is 958. The molecule has 29 heavy (non-hydrogen) atoms. The molecule has 2 aromatic carbocycles. The summed E-state index contributed by atoms with van der Waals surface area (Å²) in [6, 6.07) is 11.1. The fourth-order valence-electron chi connectivity index (χ4n) is 2.78. The molecule has 2 rings (SSSR count). The van der Waals surface area contributed by atoms with Gasteiger partial charge in [0, 0.05) is 0 Å². The number of halogens is 3. The van der Waals surface area contributed by atoms with E-state index >= 15 is 0 Å². The van der Waals surface area contributed by atoms with Crippen molar-refractivity contribution in [2.75, 3.05) is 17.1 Å². The third-order valence-corrected chi connectivity index (χ3v) is 5.56. The minimum Gasteiger partial charge on any atom is -0.348 e. The summed E-state index contributed by atoms with van der Waals surface area (Å²) < 4.78 is 63.8. The van der Waals surface area contributed by atoms with Crippen LogP contribution in [0.15, 0.2) is 48.5 Å². The second kappa shape index (κ2) is 8.86. The Morgan fingerprint density at radius 2 is 1.76 bits per heavy atom. The lowest BCUT2D eigenvalue weighted by molar-refractivity contribution is -0.137. The number of carbonyl (C=O) groups excluding carboxylic acids is 1. The zero-order valence-electron chi connectivity index (χ0n) is 16.3. The second-order valence-corrected chi connectivity index (χ2v) is 8.61. The highest BCUT2D eigenvalue weighted by atomic mass is 32.2. The molecule has 1 unspecified atom stereocenters. The van der Waals surface area contributed by atoms with Crippen LogP contribution < -0.4 is 9.62 Å². The summed E-state index contributed by atoms with van der Waals surface area (Å²) in [5.74, 6) is -0.625. The third-order valence-electron chi connectivity index (χ3n) is 4.41. The van der Waals surface area contributed by atoms with E-state index in [1.807, 2.05) is 31.2 Å². The molecule has 0 heterocycles. The molecule has 0 saturated heterocycles. The maximum atomic E-state index is 13.0. The SMILES string of the molecule is CCc1ccc(C(C)NC(=O)CN(c2cccc(C(F)(F)F)c2)S(C)(=O)=O)cc1. The topological polar surface area (TPSA) is 66.5 Å². The van der Waals surface area contributed by atoms with Crippen molar-refractivity contribution < 1.29 is 26.4 Å². The van der Waals surface area contributed by atoms with Gasteiger partial charge in [-0.2, -0.15) is 13.2 Å². The van der Waals surface area contributed by atoms with Crippen LogP contribution in [0.1, 0.15) is 36.6 Å². The molecular formula is C20H23F3N2O3S. The molecule has 0 fully saturated rings. The van der Waals surface area contributed by atoms with Crippen molar-refractivity contribution in [2.24, 2.45) is 0 Å². The lowest BCUT2D eigenvalue weighted by Gasteiger charge is -2.24. The highest BCUT2D eigenvalue weighted by Crippen LogP contribution is 2.32. The lowest BCUT2D eigenvalue weighted by atomic mass is 10.1. The summed E-state index contributed by atoms with van der Waals surface area (Å²) in [6.07, 6.45) is -2.91. The number of nitrogens with zero attached hydrogens (tertiary/aromatic N) is 1. The quantitative estimate of drug-likeness (QED) is 0.727. The molecule has 0 aliphatic heterocycles. The van der Waals surface area contributed by atoms with Crippen molar-refractivity contribution in [2.45, 2.75) is 32.5 Å². The number of amides is 1. The Labute approximate surface area is 168 Å². The van der Waals surface area contributed by atoms with Gasteiger partial charge >= 0.3 is 6.18 Å². The number of hydrogen-bond acceptors (Lipinski definition) is 3. The third kappa shape index (κ3) is 6.22. The Hall–Kier alpha value is -2.55. The van der Waals surface area contributed by atoms with E-state index in [1.54, 1.807) is 6.92 Å². The van der Waals surface area contributed by atoms with Crippen molar-refractivity contribution in [1.29, 1.82) is 0 Å². The number of benzene rings is 2. The van der Waals surface area contributed by atoms with Gasteiger partial charge < -0.3 is 5.32 Å². The molecule has 0 spiro atoms. The van der Waals surface area contributed by atoms with Crippen molar-refractivity contribution in [3.05, 3.63) is 65.2 Å². The Morgan fingerprint density at radius 3 is 2.28 bits per heavy atom. The smallest absolute Gasteiger partial charge is 0.348 e. The van der Waals surface area contributed by atoms with Crippen LogP contribution in [-0.4, -0.2) is 27.1 Å². The van der Waals surface area contributed by atoms with E-state index in [2.05, 4.69) is 5.32 Å². The van der Waals surface area contributed by atoms with E-state index in [4.69, 9.17) is 0 Å². The standard InChI is InChI=1S/C20H23F3N2O3S/c1-4-15-8-10-16(11-9-15)14(2)24-19(26)13-25(29(3,27)28)18-7-5-6-17(12-18)20(21,22)23/h5-12,14H,4,13H2,1-3H3,(H,24,26). The van der Waals surface area contributed by atoms with Crippen LogP contribution in [0.2, 0.25) is 0 Å². The fraction of sp³-hybridized carbons (Fsp3) is 0.350. The first-order valence-electron chi connectivity index (χ1n) is 8.95. The maximum absolute atomic E-state index is 13.0. The Morgan fingerprint density at radius 1 is 1.14 bits per heavy atom. The summed E-state index contributed by atoms with van der Waals surface area (Å²) in [5.41, 5.74) is 0.756. The highest BCUT2D eigenvalue weighted by Gasteiger charge is 2.32. The van der Waals surface area contributed by atoms with Crippen LogP contribution in [0.5, 0.6) is 0 Å². The molecule has 9 heteroatoms. The van der Waals surface area contributed by atoms with Crippen LogP contribution in [0.3, 0.4) is 0 Å². The molecule has 0 bridgehead atoms. The van der Waals surface area contributed by atoms with Gasteiger partial charge in [-0.1, -0.05) is 37.3 Å². The van der Waals surface area contributed by atoms with Crippen molar-refractivity contribution in [3.8, 4) is 0 Å². The zero-order valence-corrected chi connectivity index (χ0v) is 17.1. The van der Waals surface area contributed by atoms with E-state index < -0.39 is 40.3 Å². The van der Waals surface area contributed by atoms with Gasteiger partial charge in [-0.05, 0) is 42.7 Å². The number of sulfonamides is 1. The predicted octanol–water partition coefficient (Wildman–Crippen LogP) is 3.91. The van der Waals surface area contributed by atoms with Crippen LogP contribution in [0.25, 0.3) is 0 Å². The van der Waals surface area contributed by atoms with Crippen molar-refractivity contribution in [1.82, 2.24) is 5.32 Å². The molecule has 158 valence electrons. The second-order valence-electron chi connectivity index (χ2n) is 6.70. The lowest BCUT2D eigenvalue weighted by Crippen LogP contribution is -2.41. The summed E-state index contributed by atoms with van der Waals surface area (Å²) in [5, 5.41) is 2.68. The number of rotatable bonds is 7. The number of carbonyl (C=O) groups is 1. The van der Waals surface area contributed by atoms with Crippen LogP contribution in [0, 0.1) is 0 Å². The van der Waals surface area contributed by atoms with Crippen LogP contribution in [-0.2, 0) is 27.4 Å². The van der Waals surface area contributed by atoms with Gasteiger partial charge in [0.05, 0.1) is 23.5 Å². The number of nitrogens with one attached hydrogen (secondary N) is 1. The van der Waals surface area contributed by atoms with Gasteiger partial charge in [0.15, 0.2) is 0 Å². The van der Waals surface area contributed by atoms with E-state index in [0.29, 0.717) is 10.4 Å². The molecule has 5 nitrogen and oxygen atoms in total. The molecule has 0 aliphatic carbocycles. The minimum absolute atomic E-state index is 0.225. The number of alkyl halides is 3. The van der Waals surface area contributed by atoms with Gasteiger partial charge in [-0.3, -0.25) is 9.10 Å². The van der Waals surface area contributed by atoms with Crippen molar-refractivity contribution >= 4 is 21.6 Å². The molecule has 0 aliphatic rings. The average Bonchev–Trinajstić information content (AvgIpc) is 2.64. The summed E-state index contributed by atoms with van der Waals surface area (Å²) in [7, 11) is -3.98. The predicted molar refractivity (Wildman–Crippen MR) is 106 cm³/mol. The Kier molecular flexibility index (Phi) is 6.94. The molecule has 0 radical (unpaired) electrons. The molecule has 1 N–H and O–H groups in total. The number of anilines is 1. The zero-order chi connectivity index (χ0) is 21.8. The van der Waals surface area contributed by atoms with Gasteiger partial charge in [0.1, 0.15) is 6.54 Å². The van der Waals surface area contributed by atoms with Gasteiger partial charge in [-0.25, -0.2) is 8.42 Å². The first-order valence-corrected chi connectivity index (χ1v) is 10.8. The van der Waals surface area contributed by atoms with E-state index in [0.717, 1.165) is 35.9 Å². The molecular weight excluding hydrogens is 405 g/mol. The van der Waals surface area contributed by atoms with Gasteiger partial charge in [0.2, 0.25) is 15.9 Å². The largest absolute Gasteiger partial charge is 0.416 e. The van der Waals surface area contributed by atoms with Crippen LogP contribution in [0.4, 0.5) is 18.9 Å². The van der Waals surface area contributed by atoms with Crippen molar-refractivity contribution in [3.63, 3.8) is 0 Å². The van der Waals surface area contributed by atoms with Gasteiger partial charge in [-0.15, -0.1) is 0 Å². The molecule has 1 amide bonds. The Balaban J connectivity index is 2.19. The first kappa shape index (κ1) is 22.7. The van der Waals surface area contributed by atoms with E-state index in [-0.39, 0.29) is 5.69 Å². The minimum atomic E-state index is -4.62.